The highest BCUT2D eigenvalue weighted by Gasteiger charge is 2.24. The number of aromatic nitrogens is 2. The van der Waals surface area contributed by atoms with E-state index in [0.29, 0.717) is 43.3 Å². The lowest BCUT2D eigenvalue weighted by Gasteiger charge is -2.27. The van der Waals surface area contributed by atoms with Gasteiger partial charge in [0.1, 0.15) is 5.78 Å². The number of carbonyl (C=O) groups excluding carboxylic acids is 2. The first-order valence-electron chi connectivity index (χ1n) is 10.5. The van der Waals surface area contributed by atoms with Gasteiger partial charge in [0.15, 0.2) is 5.82 Å². The van der Waals surface area contributed by atoms with Crippen LogP contribution in [0, 0.1) is 6.92 Å². The molecule has 2 fully saturated rings. The van der Waals surface area contributed by atoms with Crippen LogP contribution in [-0.2, 0) is 4.79 Å². The van der Waals surface area contributed by atoms with Gasteiger partial charge in [-0.25, -0.2) is 0 Å². The molecular weight excluding hydrogens is 376 g/mol. The van der Waals surface area contributed by atoms with Crippen LogP contribution in [0.4, 0.5) is 5.82 Å². The highest BCUT2D eigenvalue weighted by atomic mass is 16.1. The van der Waals surface area contributed by atoms with Crippen molar-refractivity contribution < 1.29 is 9.59 Å². The zero-order chi connectivity index (χ0) is 20.7. The number of fused-ring (bicyclic) bond motifs is 1. The summed E-state index contributed by atoms with van der Waals surface area (Å²) in [7, 11) is 0. The van der Waals surface area contributed by atoms with Crippen molar-refractivity contribution in [1.82, 2.24) is 15.5 Å². The summed E-state index contributed by atoms with van der Waals surface area (Å²) in [6, 6.07) is 12.5. The van der Waals surface area contributed by atoms with Gasteiger partial charge in [0, 0.05) is 48.3 Å². The van der Waals surface area contributed by atoms with Gasteiger partial charge in [0.2, 0.25) is 0 Å². The van der Waals surface area contributed by atoms with Crippen LogP contribution in [0.25, 0.3) is 21.9 Å². The molecule has 0 bridgehead atoms. The summed E-state index contributed by atoms with van der Waals surface area (Å²) in [5.74, 6) is 1.14. The van der Waals surface area contributed by atoms with E-state index in [2.05, 4.69) is 45.5 Å². The summed E-state index contributed by atoms with van der Waals surface area (Å²) in [4.78, 5) is 26.2. The van der Waals surface area contributed by atoms with E-state index in [9.17, 15) is 9.59 Å². The Kier molecular flexibility index (Phi) is 4.69. The molecule has 6 nitrogen and oxygen atoms in total. The molecule has 0 spiro atoms. The van der Waals surface area contributed by atoms with Crippen LogP contribution in [0.3, 0.4) is 0 Å². The number of rotatable bonds is 4. The number of hydrogen-bond donors (Lipinski definition) is 1. The Bertz CT molecular complexity index is 1140. The Morgan fingerprint density at radius 1 is 1.10 bits per heavy atom. The summed E-state index contributed by atoms with van der Waals surface area (Å²) in [5, 5.41) is 13.7. The van der Waals surface area contributed by atoms with Crippen LogP contribution in [0.15, 0.2) is 42.6 Å². The number of amides is 1. The molecule has 2 aromatic carbocycles. The number of ketones is 1. The smallest absolute Gasteiger partial charge is 0.251 e. The van der Waals surface area contributed by atoms with Crippen molar-refractivity contribution in [2.24, 2.45) is 0 Å². The minimum absolute atomic E-state index is 0.00709. The van der Waals surface area contributed by atoms with E-state index in [-0.39, 0.29) is 5.91 Å². The van der Waals surface area contributed by atoms with Gasteiger partial charge in [-0.05, 0) is 60.7 Å². The Balaban J connectivity index is 1.49. The molecule has 1 saturated carbocycles. The number of benzene rings is 2. The standard InChI is InChI=1S/C24H24N4O2/c1-15-2-3-17(24(30)26-19-5-6-19)13-22(15)16-4-7-21-18(12-16)14-25-27-23(21)28-10-8-20(29)9-11-28/h2-4,7,12-14,19H,5-6,8-11H2,1H3,(H,26,30). The Morgan fingerprint density at radius 2 is 1.90 bits per heavy atom. The number of aryl methyl sites for hydroxylation is 1. The van der Waals surface area contributed by atoms with Crippen molar-refractivity contribution >= 4 is 28.3 Å². The Morgan fingerprint density at radius 3 is 2.67 bits per heavy atom. The molecule has 1 aromatic heterocycles. The lowest BCUT2D eigenvalue weighted by atomic mass is 9.96. The molecule has 1 aliphatic heterocycles. The SMILES string of the molecule is Cc1ccc(C(=O)NC2CC2)cc1-c1ccc2c(N3CCC(=O)CC3)nncc2c1. The first-order chi connectivity index (χ1) is 14.6. The average molecular weight is 400 g/mol. The van der Waals surface area contributed by atoms with E-state index in [1.54, 1.807) is 6.20 Å². The van der Waals surface area contributed by atoms with Crippen molar-refractivity contribution in [3.05, 3.63) is 53.7 Å². The third-order valence-corrected chi connectivity index (χ3v) is 5.99. The molecule has 6 heteroatoms. The maximum absolute atomic E-state index is 12.5. The van der Waals surface area contributed by atoms with Gasteiger partial charge in [-0.3, -0.25) is 9.59 Å². The van der Waals surface area contributed by atoms with E-state index in [1.165, 1.54) is 0 Å². The first kappa shape index (κ1) is 18.7. The molecule has 152 valence electrons. The monoisotopic (exact) mass is 400 g/mol. The predicted octanol–water partition coefficient (Wildman–Crippen LogP) is 3.67. The third kappa shape index (κ3) is 3.65. The quantitative estimate of drug-likeness (QED) is 0.723. The first-order valence-corrected chi connectivity index (χ1v) is 10.5. The molecular formula is C24H24N4O2. The molecule has 3 aromatic rings. The maximum Gasteiger partial charge on any atom is 0.251 e. The minimum atomic E-state index is -0.00709. The number of nitrogens with one attached hydrogen (secondary N) is 1. The van der Waals surface area contributed by atoms with Crippen LogP contribution in [-0.4, -0.2) is 41.0 Å². The van der Waals surface area contributed by atoms with E-state index < -0.39 is 0 Å². The molecule has 1 N–H and O–H groups in total. The average Bonchev–Trinajstić information content (AvgIpc) is 3.58. The largest absolute Gasteiger partial charge is 0.354 e. The molecule has 0 atom stereocenters. The molecule has 5 rings (SSSR count). The van der Waals surface area contributed by atoms with Gasteiger partial charge in [-0.2, -0.15) is 5.10 Å². The van der Waals surface area contributed by atoms with E-state index >= 15 is 0 Å². The third-order valence-electron chi connectivity index (χ3n) is 5.99. The molecule has 1 amide bonds. The second-order valence-electron chi connectivity index (χ2n) is 8.27. The summed E-state index contributed by atoms with van der Waals surface area (Å²) in [6.45, 7) is 3.43. The number of anilines is 1. The van der Waals surface area contributed by atoms with Gasteiger partial charge in [-0.15, -0.1) is 5.10 Å². The van der Waals surface area contributed by atoms with Gasteiger partial charge in [0.05, 0.1) is 6.20 Å². The second-order valence-corrected chi connectivity index (χ2v) is 8.27. The van der Waals surface area contributed by atoms with Crippen LogP contribution < -0.4 is 10.2 Å². The van der Waals surface area contributed by atoms with Crippen molar-refractivity contribution in [2.45, 2.75) is 38.6 Å². The normalized spacial score (nSPS) is 16.7. The maximum atomic E-state index is 12.5. The molecule has 1 aliphatic carbocycles. The fourth-order valence-electron chi connectivity index (χ4n) is 4.01. The summed E-state index contributed by atoms with van der Waals surface area (Å²) in [6.07, 6.45) is 5.04. The Hall–Kier alpha value is -3.28. The topological polar surface area (TPSA) is 75.2 Å². The highest BCUT2D eigenvalue weighted by Crippen LogP contribution is 2.31. The van der Waals surface area contributed by atoms with Gasteiger partial charge < -0.3 is 10.2 Å². The zero-order valence-electron chi connectivity index (χ0n) is 17.0. The van der Waals surface area contributed by atoms with E-state index in [1.807, 2.05) is 18.2 Å². The van der Waals surface area contributed by atoms with Crippen LogP contribution >= 0.6 is 0 Å². The lowest BCUT2D eigenvalue weighted by molar-refractivity contribution is -0.119. The molecule has 30 heavy (non-hydrogen) atoms. The summed E-state index contributed by atoms with van der Waals surface area (Å²) in [5.41, 5.74) is 3.90. The molecule has 0 radical (unpaired) electrons. The summed E-state index contributed by atoms with van der Waals surface area (Å²) < 4.78 is 0. The van der Waals surface area contributed by atoms with Crippen LogP contribution in [0.1, 0.15) is 41.6 Å². The lowest BCUT2D eigenvalue weighted by Crippen LogP contribution is -2.34. The van der Waals surface area contributed by atoms with Crippen molar-refractivity contribution in [2.75, 3.05) is 18.0 Å². The molecule has 2 heterocycles. The number of Topliss-reactive ketones (excluding diaryl/α,β-unsaturated/α-hetero) is 1. The van der Waals surface area contributed by atoms with Gasteiger partial charge >= 0.3 is 0 Å². The second kappa shape index (κ2) is 7.52. The van der Waals surface area contributed by atoms with Crippen molar-refractivity contribution in [3.63, 3.8) is 0 Å². The number of carbonyl (C=O) groups is 2. The van der Waals surface area contributed by atoms with Gasteiger partial charge in [-0.1, -0.05) is 12.1 Å². The van der Waals surface area contributed by atoms with Crippen molar-refractivity contribution in [3.8, 4) is 11.1 Å². The highest BCUT2D eigenvalue weighted by molar-refractivity contribution is 5.98. The van der Waals surface area contributed by atoms with Gasteiger partial charge in [0.25, 0.3) is 5.91 Å². The van der Waals surface area contributed by atoms with Crippen LogP contribution in [0.2, 0.25) is 0 Å². The molecule has 0 unspecified atom stereocenters. The van der Waals surface area contributed by atoms with Crippen molar-refractivity contribution in [1.29, 1.82) is 0 Å². The van der Waals surface area contributed by atoms with Crippen LogP contribution in [0.5, 0.6) is 0 Å². The fourth-order valence-corrected chi connectivity index (χ4v) is 4.01. The molecule has 1 saturated heterocycles. The number of hydrogen-bond acceptors (Lipinski definition) is 5. The van der Waals surface area contributed by atoms with E-state index in [4.69, 9.17) is 0 Å². The Labute approximate surface area is 175 Å². The number of piperidine rings is 1. The minimum Gasteiger partial charge on any atom is -0.354 e. The predicted molar refractivity (Wildman–Crippen MR) is 117 cm³/mol. The van der Waals surface area contributed by atoms with E-state index in [0.717, 1.165) is 46.1 Å². The molecule has 2 aliphatic rings. The summed E-state index contributed by atoms with van der Waals surface area (Å²) >= 11 is 0. The fraction of sp³-hybridized carbons (Fsp3) is 0.333. The zero-order valence-corrected chi connectivity index (χ0v) is 17.0. The number of nitrogens with zero attached hydrogens (tertiary/aromatic N) is 3.